The molecule has 0 aliphatic heterocycles. The van der Waals surface area contributed by atoms with Crippen molar-refractivity contribution in [3.63, 3.8) is 0 Å². The van der Waals surface area contributed by atoms with Crippen LogP contribution in [-0.2, 0) is 9.53 Å². The standard InChI is InChI=1S/C16H22F2N2O3/c1-4-23-15(21)7-8-20(10-9-19(2)3)16(22)12-5-6-13(17)14(18)11-12/h5-6,11H,4,7-10H2,1-3H3. The van der Waals surface area contributed by atoms with Crippen LogP contribution >= 0.6 is 0 Å². The number of nitrogens with zero attached hydrogens (tertiary/aromatic N) is 2. The van der Waals surface area contributed by atoms with Gasteiger partial charge in [0.05, 0.1) is 13.0 Å². The van der Waals surface area contributed by atoms with E-state index in [4.69, 9.17) is 4.74 Å². The monoisotopic (exact) mass is 328 g/mol. The van der Waals surface area contributed by atoms with Gasteiger partial charge in [0.1, 0.15) is 0 Å². The molecule has 128 valence electrons. The number of amides is 1. The SMILES string of the molecule is CCOC(=O)CCN(CCN(C)C)C(=O)c1ccc(F)c(F)c1. The summed E-state index contributed by atoms with van der Waals surface area (Å²) in [7, 11) is 3.71. The first-order chi connectivity index (χ1) is 10.8. The van der Waals surface area contributed by atoms with Crippen molar-refractivity contribution in [1.29, 1.82) is 0 Å². The van der Waals surface area contributed by atoms with E-state index >= 15 is 0 Å². The number of likely N-dealkylation sites (N-methyl/N-ethyl adjacent to an activating group) is 1. The van der Waals surface area contributed by atoms with Crippen LogP contribution in [0.15, 0.2) is 18.2 Å². The van der Waals surface area contributed by atoms with Gasteiger partial charge in [-0.1, -0.05) is 0 Å². The molecule has 1 amide bonds. The lowest BCUT2D eigenvalue weighted by molar-refractivity contribution is -0.143. The van der Waals surface area contributed by atoms with Crippen LogP contribution in [-0.4, -0.2) is 62.0 Å². The molecule has 0 spiro atoms. The van der Waals surface area contributed by atoms with E-state index in [-0.39, 0.29) is 25.1 Å². The number of halogens is 2. The second-order valence-corrected chi connectivity index (χ2v) is 5.28. The second-order valence-electron chi connectivity index (χ2n) is 5.28. The highest BCUT2D eigenvalue weighted by Crippen LogP contribution is 2.12. The number of rotatable bonds is 8. The van der Waals surface area contributed by atoms with Crippen molar-refractivity contribution in [2.75, 3.05) is 40.3 Å². The van der Waals surface area contributed by atoms with Crippen LogP contribution in [0.25, 0.3) is 0 Å². The van der Waals surface area contributed by atoms with Crippen LogP contribution in [0.4, 0.5) is 8.78 Å². The minimum Gasteiger partial charge on any atom is -0.466 e. The smallest absolute Gasteiger partial charge is 0.307 e. The molecule has 23 heavy (non-hydrogen) atoms. The normalized spacial score (nSPS) is 10.7. The van der Waals surface area contributed by atoms with Gasteiger partial charge in [-0.3, -0.25) is 9.59 Å². The van der Waals surface area contributed by atoms with Crippen molar-refractivity contribution in [2.45, 2.75) is 13.3 Å². The van der Waals surface area contributed by atoms with Gasteiger partial charge in [-0.05, 0) is 39.2 Å². The maximum atomic E-state index is 13.3. The maximum absolute atomic E-state index is 13.3. The number of carbonyl (C=O) groups excluding carboxylic acids is 2. The molecule has 0 N–H and O–H groups in total. The number of hydrogen-bond donors (Lipinski definition) is 0. The van der Waals surface area contributed by atoms with Crippen LogP contribution in [0.2, 0.25) is 0 Å². The van der Waals surface area contributed by atoms with Crippen molar-refractivity contribution < 1.29 is 23.1 Å². The van der Waals surface area contributed by atoms with E-state index in [1.54, 1.807) is 6.92 Å². The third kappa shape index (κ3) is 6.32. The van der Waals surface area contributed by atoms with E-state index in [1.807, 2.05) is 19.0 Å². The van der Waals surface area contributed by atoms with Gasteiger partial charge in [-0.15, -0.1) is 0 Å². The van der Waals surface area contributed by atoms with E-state index in [0.717, 1.165) is 12.1 Å². The molecule has 0 aliphatic rings. The van der Waals surface area contributed by atoms with E-state index < -0.39 is 23.5 Å². The summed E-state index contributed by atoms with van der Waals surface area (Å²) in [5.74, 6) is -2.93. The summed E-state index contributed by atoms with van der Waals surface area (Å²) >= 11 is 0. The second kappa shape index (κ2) is 9.19. The Kier molecular flexibility index (Phi) is 7.61. The van der Waals surface area contributed by atoms with Crippen molar-refractivity contribution in [3.05, 3.63) is 35.4 Å². The fourth-order valence-electron chi connectivity index (χ4n) is 1.91. The van der Waals surface area contributed by atoms with E-state index in [9.17, 15) is 18.4 Å². The molecule has 1 aromatic carbocycles. The number of benzene rings is 1. The Morgan fingerprint density at radius 1 is 1.09 bits per heavy atom. The summed E-state index contributed by atoms with van der Waals surface area (Å²) in [6.45, 7) is 3.08. The van der Waals surface area contributed by atoms with Gasteiger partial charge in [0.25, 0.3) is 5.91 Å². The number of carbonyl (C=O) groups is 2. The summed E-state index contributed by atoms with van der Waals surface area (Å²) in [5, 5.41) is 0. The van der Waals surface area contributed by atoms with E-state index in [2.05, 4.69) is 0 Å². The number of esters is 1. The molecule has 0 heterocycles. The molecular formula is C16H22F2N2O3. The van der Waals surface area contributed by atoms with Crippen molar-refractivity contribution >= 4 is 11.9 Å². The molecule has 0 unspecified atom stereocenters. The van der Waals surface area contributed by atoms with Gasteiger partial charge in [-0.2, -0.15) is 0 Å². The van der Waals surface area contributed by atoms with Gasteiger partial charge in [0, 0.05) is 25.2 Å². The molecule has 0 aliphatic carbocycles. The van der Waals surface area contributed by atoms with Crippen LogP contribution in [0.1, 0.15) is 23.7 Å². The van der Waals surface area contributed by atoms with Crippen molar-refractivity contribution in [2.24, 2.45) is 0 Å². The highest BCUT2D eigenvalue weighted by atomic mass is 19.2. The third-order valence-corrected chi connectivity index (χ3v) is 3.16. The average Bonchev–Trinajstić information content (AvgIpc) is 2.49. The zero-order valence-electron chi connectivity index (χ0n) is 13.6. The van der Waals surface area contributed by atoms with Gasteiger partial charge in [0.2, 0.25) is 0 Å². The zero-order valence-corrected chi connectivity index (χ0v) is 13.6. The Morgan fingerprint density at radius 2 is 1.78 bits per heavy atom. The first kappa shape index (κ1) is 19.0. The minimum atomic E-state index is -1.08. The molecule has 1 aromatic rings. The van der Waals surface area contributed by atoms with Crippen LogP contribution in [0, 0.1) is 11.6 Å². The molecule has 5 nitrogen and oxygen atoms in total. The van der Waals surface area contributed by atoms with Gasteiger partial charge >= 0.3 is 5.97 Å². The molecule has 1 rings (SSSR count). The van der Waals surface area contributed by atoms with Crippen LogP contribution in [0.5, 0.6) is 0 Å². The predicted octanol–water partition coefficient (Wildman–Crippen LogP) is 1.92. The lowest BCUT2D eigenvalue weighted by Crippen LogP contribution is -2.38. The summed E-state index contributed by atoms with van der Waals surface area (Å²) in [4.78, 5) is 27.2. The number of ether oxygens (including phenoxy) is 1. The van der Waals surface area contributed by atoms with E-state index in [1.165, 1.54) is 11.0 Å². The Labute approximate surface area is 134 Å². The van der Waals surface area contributed by atoms with Gasteiger partial charge in [-0.25, -0.2) is 8.78 Å². The van der Waals surface area contributed by atoms with E-state index in [0.29, 0.717) is 13.1 Å². The summed E-state index contributed by atoms with van der Waals surface area (Å²) in [6.07, 6.45) is 0.0523. The fraction of sp³-hybridized carbons (Fsp3) is 0.500. The molecule has 0 saturated carbocycles. The summed E-state index contributed by atoms with van der Waals surface area (Å²) in [5.41, 5.74) is 0.0477. The Balaban J connectivity index is 2.81. The number of hydrogen-bond acceptors (Lipinski definition) is 4. The molecule has 0 radical (unpaired) electrons. The molecule has 0 atom stereocenters. The molecular weight excluding hydrogens is 306 g/mol. The average molecular weight is 328 g/mol. The molecule has 0 saturated heterocycles. The molecule has 0 bridgehead atoms. The lowest BCUT2D eigenvalue weighted by atomic mass is 10.1. The predicted molar refractivity (Wildman–Crippen MR) is 82.1 cm³/mol. The quantitative estimate of drug-likeness (QED) is 0.684. The summed E-state index contributed by atoms with van der Waals surface area (Å²) < 4.78 is 31.1. The van der Waals surface area contributed by atoms with Crippen molar-refractivity contribution in [3.8, 4) is 0 Å². The Morgan fingerprint density at radius 3 is 2.35 bits per heavy atom. The summed E-state index contributed by atoms with van der Waals surface area (Å²) in [6, 6.07) is 3.01. The molecule has 7 heteroatoms. The van der Waals surface area contributed by atoms with Gasteiger partial charge in [0.15, 0.2) is 11.6 Å². The maximum Gasteiger partial charge on any atom is 0.307 e. The van der Waals surface area contributed by atoms with Crippen LogP contribution in [0.3, 0.4) is 0 Å². The highest BCUT2D eigenvalue weighted by molar-refractivity contribution is 5.94. The van der Waals surface area contributed by atoms with Crippen LogP contribution < -0.4 is 0 Å². The first-order valence-corrected chi connectivity index (χ1v) is 7.39. The molecule has 0 aromatic heterocycles. The topological polar surface area (TPSA) is 49.9 Å². The van der Waals surface area contributed by atoms with Gasteiger partial charge < -0.3 is 14.5 Å². The van der Waals surface area contributed by atoms with Crippen molar-refractivity contribution in [1.82, 2.24) is 9.80 Å². The molecule has 0 fully saturated rings. The largest absolute Gasteiger partial charge is 0.466 e. The minimum absolute atomic E-state index is 0.0477. The first-order valence-electron chi connectivity index (χ1n) is 7.39. The third-order valence-electron chi connectivity index (χ3n) is 3.16. The highest BCUT2D eigenvalue weighted by Gasteiger charge is 2.19. The Bertz CT molecular complexity index is 550. The Hall–Kier alpha value is -2.02. The lowest BCUT2D eigenvalue weighted by Gasteiger charge is -2.24. The zero-order chi connectivity index (χ0) is 17.4. The fourth-order valence-corrected chi connectivity index (χ4v) is 1.91.